The van der Waals surface area contributed by atoms with E-state index in [4.69, 9.17) is 34.9 Å². The van der Waals surface area contributed by atoms with E-state index >= 15 is 0 Å². The molecule has 17 rings (SSSR count). The molecule has 0 saturated heterocycles. The molecule has 13 aromatic carbocycles. The first-order valence-corrected chi connectivity index (χ1v) is 32.1. The zero-order chi connectivity index (χ0) is 63.7. The summed E-state index contributed by atoms with van der Waals surface area (Å²) in [5.41, 5.74) is 21.7. The molecule has 8 nitrogen and oxygen atoms in total. The highest BCUT2D eigenvalue weighted by atomic mass is 15.0. The Morgan fingerprint density at radius 1 is 0.177 bits per heavy atom. The average molecular weight is 1230 g/mol. The maximum Gasteiger partial charge on any atom is 0.164 e. The molecule has 0 bridgehead atoms. The molecule has 0 spiro atoms. The Labute approximate surface area is 555 Å². The third-order valence-corrected chi connectivity index (χ3v) is 18.0. The van der Waals surface area contributed by atoms with Crippen molar-refractivity contribution in [1.29, 1.82) is 0 Å². The number of pyridine rings is 2. The van der Waals surface area contributed by atoms with Crippen molar-refractivity contribution in [3.05, 3.63) is 340 Å². The average Bonchev–Trinajstić information content (AvgIpc) is 0.785. The van der Waals surface area contributed by atoms with Crippen LogP contribution in [0.15, 0.2) is 340 Å². The van der Waals surface area contributed by atoms with Gasteiger partial charge in [0.2, 0.25) is 0 Å². The van der Waals surface area contributed by atoms with E-state index < -0.39 is 0 Å². The predicted molar refractivity (Wildman–Crippen MR) is 392 cm³/mol. The summed E-state index contributed by atoms with van der Waals surface area (Å²) in [7, 11) is 0. The van der Waals surface area contributed by atoms with Gasteiger partial charge in [0.15, 0.2) is 34.9 Å². The summed E-state index contributed by atoms with van der Waals surface area (Å²) < 4.78 is 0. The first kappa shape index (κ1) is 56.9. The summed E-state index contributed by atoms with van der Waals surface area (Å²) in [6, 6.07) is 115. The van der Waals surface area contributed by atoms with E-state index in [2.05, 4.69) is 217 Å². The first-order chi connectivity index (χ1) is 47.5. The Bertz CT molecular complexity index is 5630. The molecule has 17 aromatic rings. The van der Waals surface area contributed by atoms with E-state index in [1.54, 1.807) is 0 Å². The SMILES string of the molecule is c1ccc(-c2nc(-c3ccc(-c4ccc5ccc(-c6ccc(-c7nc(-c8ccccc8)nc(-c8ccccc8)n7)cc6)c(-c6ccc(-c7ccccn7)cc6)c5c4)cc3)nc(-c3ccc(-c4ccc5ccccc5c4-c4ccc(-c5cccc6cccnc56)cc4)cc3)n2)cc1. The van der Waals surface area contributed by atoms with Crippen LogP contribution in [0.4, 0.5) is 0 Å². The zero-order valence-electron chi connectivity index (χ0n) is 51.9. The summed E-state index contributed by atoms with van der Waals surface area (Å²) in [6.07, 6.45) is 3.70. The molecule has 4 aromatic heterocycles. The molecule has 96 heavy (non-hydrogen) atoms. The lowest BCUT2D eigenvalue weighted by molar-refractivity contribution is 1.07. The van der Waals surface area contributed by atoms with Gasteiger partial charge >= 0.3 is 0 Å². The van der Waals surface area contributed by atoms with Gasteiger partial charge < -0.3 is 0 Å². The molecule has 448 valence electrons. The standard InChI is InChI=1S/C88H56N8/c1-4-17-67(18-5-1)83-91-84(68-19-6-2-7-20-68)93-87(92-83)71-47-34-60(35-48-71)76-53-51-62-36-49-73(56-78(62)81(76)65-41-37-63(38-42-65)79-27-12-13-54-89-79)57-28-43-70(44-29-57)86-94-85(69-21-8-3-9-22-69)95-88(96-86)72-45-32-59(33-46-72)75-52-50-58-16-10-11-25-74(58)80(75)64-39-30-61(31-40-64)77-26-14-23-66-24-15-55-90-82(66)77/h1-56H. The van der Waals surface area contributed by atoms with Crippen molar-refractivity contribution in [2.45, 2.75) is 0 Å². The maximum absolute atomic E-state index is 5.23. The molecular weight excluding hydrogens is 1170 g/mol. The van der Waals surface area contributed by atoms with Gasteiger partial charge in [-0.3, -0.25) is 9.97 Å². The number of fused-ring (bicyclic) bond motifs is 3. The molecular formula is C88H56N8. The predicted octanol–water partition coefficient (Wildman–Crippen LogP) is 22.0. The van der Waals surface area contributed by atoms with Crippen LogP contribution in [0.3, 0.4) is 0 Å². The van der Waals surface area contributed by atoms with Gasteiger partial charge in [-0.1, -0.05) is 303 Å². The van der Waals surface area contributed by atoms with E-state index in [0.717, 1.165) is 128 Å². The molecule has 0 saturated carbocycles. The maximum atomic E-state index is 5.23. The molecule has 0 atom stereocenters. The van der Waals surface area contributed by atoms with Crippen LogP contribution in [0.2, 0.25) is 0 Å². The monoisotopic (exact) mass is 1220 g/mol. The quantitative estimate of drug-likeness (QED) is 0.112. The third-order valence-electron chi connectivity index (χ3n) is 18.0. The van der Waals surface area contributed by atoms with Crippen LogP contribution in [0.25, 0.3) is 179 Å². The third kappa shape index (κ3) is 11.1. The van der Waals surface area contributed by atoms with Crippen molar-refractivity contribution >= 4 is 32.4 Å². The Hall–Kier alpha value is -13.0. The minimum atomic E-state index is 0.586. The summed E-state index contributed by atoms with van der Waals surface area (Å²) in [5.74, 6) is 3.63. The smallest absolute Gasteiger partial charge is 0.164 e. The van der Waals surface area contributed by atoms with Crippen LogP contribution in [0.5, 0.6) is 0 Å². The van der Waals surface area contributed by atoms with Crippen LogP contribution < -0.4 is 0 Å². The second kappa shape index (κ2) is 24.9. The Balaban J connectivity index is 0.712. The molecule has 0 amide bonds. The molecule has 0 N–H and O–H groups in total. The lowest BCUT2D eigenvalue weighted by atomic mass is 9.87. The van der Waals surface area contributed by atoms with E-state index in [0.29, 0.717) is 34.9 Å². The minimum Gasteiger partial charge on any atom is -0.256 e. The van der Waals surface area contributed by atoms with E-state index in [9.17, 15) is 0 Å². The highest BCUT2D eigenvalue weighted by Crippen LogP contribution is 2.43. The summed E-state index contributed by atoms with van der Waals surface area (Å²) in [6.45, 7) is 0. The van der Waals surface area contributed by atoms with E-state index in [1.807, 2.05) is 128 Å². The second-order valence-corrected chi connectivity index (χ2v) is 23.8. The van der Waals surface area contributed by atoms with Crippen LogP contribution in [-0.2, 0) is 0 Å². The van der Waals surface area contributed by atoms with Crippen molar-refractivity contribution in [2.75, 3.05) is 0 Å². The fourth-order valence-electron chi connectivity index (χ4n) is 13.1. The van der Waals surface area contributed by atoms with Gasteiger partial charge in [0, 0.05) is 62.3 Å². The van der Waals surface area contributed by atoms with Crippen molar-refractivity contribution in [2.24, 2.45) is 0 Å². The second-order valence-electron chi connectivity index (χ2n) is 23.8. The number of benzene rings is 13. The van der Waals surface area contributed by atoms with Gasteiger partial charge in [0.05, 0.1) is 11.2 Å². The first-order valence-electron chi connectivity index (χ1n) is 32.1. The van der Waals surface area contributed by atoms with E-state index in [1.165, 1.54) is 16.3 Å². The molecule has 0 fully saturated rings. The van der Waals surface area contributed by atoms with Gasteiger partial charge in [0.25, 0.3) is 0 Å². The number of hydrogen-bond acceptors (Lipinski definition) is 8. The van der Waals surface area contributed by atoms with Crippen LogP contribution in [-0.4, -0.2) is 39.9 Å². The van der Waals surface area contributed by atoms with Crippen molar-refractivity contribution in [1.82, 2.24) is 39.9 Å². The zero-order valence-corrected chi connectivity index (χ0v) is 51.9. The molecule has 0 aliphatic rings. The minimum absolute atomic E-state index is 0.586. The van der Waals surface area contributed by atoms with Crippen molar-refractivity contribution < 1.29 is 0 Å². The van der Waals surface area contributed by atoms with Gasteiger partial charge in [0.1, 0.15) is 0 Å². The topological polar surface area (TPSA) is 103 Å². The van der Waals surface area contributed by atoms with Crippen LogP contribution in [0.1, 0.15) is 0 Å². The lowest BCUT2D eigenvalue weighted by Crippen LogP contribution is -2.00. The van der Waals surface area contributed by atoms with Crippen molar-refractivity contribution in [3.8, 4) is 146 Å². The van der Waals surface area contributed by atoms with Crippen LogP contribution in [0, 0.1) is 0 Å². The van der Waals surface area contributed by atoms with Gasteiger partial charge in [-0.2, -0.15) is 0 Å². The van der Waals surface area contributed by atoms with Gasteiger partial charge in [-0.25, -0.2) is 29.9 Å². The summed E-state index contributed by atoms with van der Waals surface area (Å²) >= 11 is 0. The fraction of sp³-hybridized carbons (Fsp3) is 0. The molecule has 0 radical (unpaired) electrons. The van der Waals surface area contributed by atoms with Crippen molar-refractivity contribution in [3.63, 3.8) is 0 Å². The highest BCUT2D eigenvalue weighted by molar-refractivity contribution is 6.07. The Kier molecular flexibility index (Phi) is 14.7. The number of nitrogens with zero attached hydrogens (tertiary/aromatic N) is 8. The Morgan fingerprint density at radius 2 is 0.531 bits per heavy atom. The number of hydrogen-bond donors (Lipinski definition) is 0. The number of aromatic nitrogens is 8. The Morgan fingerprint density at radius 3 is 1.03 bits per heavy atom. The highest BCUT2D eigenvalue weighted by Gasteiger charge is 2.20. The van der Waals surface area contributed by atoms with E-state index in [-0.39, 0.29) is 0 Å². The molecule has 0 aliphatic heterocycles. The van der Waals surface area contributed by atoms with Gasteiger partial charge in [-0.15, -0.1) is 0 Å². The summed E-state index contributed by atoms with van der Waals surface area (Å²) in [4.78, 5) is 39.9. The normalized spacial score (nSPS) is 11.3. The van der Waals surface area contributed by atoms with Gasteiger partial charge in [-0.05, 0) is 107 Å². The lowest BCUT2D eigenvalue weighted by Gasteiger charge is -2.16. The summed E-state index contributed by atoms with van der Waals surface area (Å²) in [5, 5.41) is 5.75. The number of rotatable bonds is 13. The fourth-order valence-corrected chi connectivity index (χ4v) is 13.1. The molecule has 8 heteroatoms. The van der Waals surface area contributed by atoms with Crippen LogP contribution >= 0.6 is 0 Å². The largest absolute Gasteiger partial charge is 0.256 e. The molecule has 0 unspecified atom stereocenters. The molecule has 4 heterocycles. The number of para-hydroxylation sites is 1. The molecule has 0 aliphatic carbocycles.